The van der Waals surface area contributed by atoms with Crippen LogP contribution in [0, 0.1) is 20.2 Å². The number of nitro groups is 2. The molecule has 0 saturated carbocycles. The number of hydrogen-bond donors (Lipinski definition) is 1. The molecule has 0 atom stereocenters. The van der Waals surface area contributed by atoms with Gasteiger partial charge in [0.25, 0.3) is 11.4 Å². The Labute approximate surface area is 117 Å². The Morgan fingerprint density at radius 1 is 1.12 bits per heavy atom. The summed E-state index contributed by atoms with van der Waals surface area (Å²) in [6.45, 7) is 0. The van der Waals surface area contributed by atoms with Crippen molar-refractivity contribution in [3.63, 3.8) is 0 Å². The predicted octanol–water partition coefficient (Wildman–Crippen LogP) is 0.369. The third kappa shape index (κ3) is 3.71. The largest absolute Gasteiger partial charge is 0.301 e. The maximum Gasteiger partial charge on any atom is 0.301 e. The summed E-state index contributed by atoms with van der Waals surface area (Å²) in [4.78, 5) is 17.6. The summed E-state index contributed by atoms with van der Waals surface area (Å²) < 4.78 is 30.2. The van der Waals surface area contributed by atoms with Crippen LogP contribution in [0.4, 0.5) is 11.4 Å². The molecule has 0 aliphatic heterocycles. The van der Waals surface area contributed by atoms with Crippen molar-refractivity contribution in [3.05, 3.63) is 38.4 Å². The fourth-order valence-corrected chi connectivity index (χ4v) is 1.65. The number of benzene rings is 1. The number of hydrogen-bond acceptors (Lipinski definition) is 6. The Balaban J connectivity index is 0.00000256. The molecule has 11 heteroatoms. The minimum atomic E-state index is -4.88. The normalized spacial score (nSPS) is 10.4. The van der Waals surface area contributed by atoms with Gasteiger partial charge in [-0.05, 0) is 0 Å². The molecule has 0 aromatic heterocycles. The molecule has 1 radical (unpaired) electrons. The third-order valence-electron chi connectivity index (χ3n) is 1.63. The van der Waals surface area contributed by atoms with Gasteiger partial charge in [-0.15, -0.1) is 0 Å². The third-order valence-corrected chi connectivity index (χ3v) is 2.51. The second kappa shape index (κ2) is 5.51. The van der Waals surface area contributed by atoms with Crippen molar-refractivity contribution in [3.8, 4) is 0 Å². The minimum absolute atomic E-state index is 0. The van der Waals surface area contributed by atoms with E-state index in [-0.39, 0.29) is 29.6 Å². The average Bonchev–Trinajstić information content (AvgIpc) is 2.15. The first kappa shape index (κ1) is 15.9. The van der Waals surface area contributed by atoms with E-state index in [2.05, 4.69) is 0 Å². The fraction of sp³-hybridized carbons (Fsp3) is 0. The summed E-state index contributed by atoms with van der Waals surface area (Å²) in [6, 6.07) is 1.83. The zero-order valence-corrected chi connectivity index (χ0v) is 11.2. The first-order valence-electron chi connectivity index (χ1n) is 3.64. The number of rotatable bonds is 3. The zero-order chi connectivity index (χ0) is 12.5. The summed E-state index contributed by atoms with van der Waals surface area (Å²) in [6.07, 6.45) is 0. The van der Waals surface area contributed by atoms with Crippen molar-refractivity contribution < 1.29 is 22.8 Å². The second-order valence-electron chi connectivity index (χ2n) is 2.64. The molecule has 0 unspecified atom stereocenters. The molecular formula is C6H4N2NaO7S. The Morgan fingerprint density at radius 2 is 1.65 bits per heavy atom. The van der Waals surface area contributed by atoms with E-state index >= 15 is 0 Å². The second-order valence-corrected chi connectivity index (χ2v) is 4.03. The van der Waals surface area contributed by atoms with Gasteiger partial charge in [0.1, 0.15) is 0 Å². The maximum absolute atomic E-state index is 10.8. The van der Waals surface area contributed by atoms with E-state index in [1.165, 1.54) is 0 Å². The summed E-state index contributed by atoms with van der Waals surface area (Å²) in [5.74, 6) is 0. The summed E-state index contributed by atoms with van der Waals surface area (Å²) in [7, 11) is -4.88. The van der Waals surface area contributed by atoms with Gasteiger partial charge in [0.15, 0.2) is 4.90 Å². The van der Waals surface area contributed by atoms with Crippen LogP contribution in [0.1, 0.15) is 0 Å². The first-order valence-corrected chi connectivity index (χ1v) is 5.08. The van der Waals surface area contributed by atoms with Crippen molar-refractivity contribution in [2.75, 3.05) is 0 Å². The molecular weight excluding hydrogens is 267 g/mol. The van der Waals surface area contributed by atoms with E-state index in [1.54, 1.807) is 0 Å². The van der Waals surface area contributed by atoms with E-state index < -0.39 is 36.2 Å². The van der Waals surface area contributed by atoms with Crippen LogP contribution in [-0.4, -0.2) is 52.4 Å². The first-order chi connectivity index (χ1) is 7.23. The van der Waals surface area contributed by atoms with Crippen LogP contribution in [-0.2, 0) is 10.1 Å². The van der Waals surface area contributed by atoms with Crippen molar-refractivity contribution in [2.24, 2.45) is 0 Å². The van der Waals surface area contributed by atoms with Gasteiger partial charge in [-0.3, -0.25) is 24.8 Å². The molecule has 1 aromatic rings. The van der Waals surface area contributed by atoms with Crippen LogP contribution in [0.25, 0.3) is 0 Å². The Bertz CT molecular complexity index is 570. The predicted molar refractivity (Wildman–Crippen MR) is 55.3 cm³/mol. The van der Waals surface area contributed by atoms with Crippen molar-refractivity contribution in [1.29, 1.82) is 0 Å². The summed E-state index contributed by atoms with van der Waals surface area (Å²) in [5, 5.41) is 20.7. The monoisotopic (exact) mass is 271 g/mol. The van der Waals surface area contributed by atoms with Crippen LogP contribution in [0.2, 0.25) is 0 Å². The van der Waals surface area contributed by atoms with Gasteiger partial charge in [-0.25, -0.2) is 0 Å². The average molecular weight is 271 g/mol. The van der Waals surface area contributed by atoms with E-state index in [0.29, 0.717) is 12.1 Å². The molecule has 17 heavy (non-hydrogen) atoms. The molecule has 1 N–H and O–H groups in total. The van der Waals surface area contributed by atoms with Gasteiger partial charge in [0, 0.05) is 47.8 Å². The van der Waals surface area contributed by atoms with Gasteiger partial charge in [0.2, 0.25) is 0 Å². The molecule has 0 heterocycles. The minimum Gasteiger partial charge on any atom is -0.282 e. The summed E-state index contributed by atoms with van der Waals surface area (Å²) in [5.41, 5.74) is -1.59. The molecule has 87 valence electrons. The Hall–Kier alpha value is -1.07. The maximum atomic E-state index is 10.8. The molecule has 9 nitrogen and oxygen atoms in total. The smallest absolute Gasteiger partial charge is 0.282 e. The number of non-ortho nitro benzene ring substituents is 1. The van der Waals surface area contributed by atoms with Gasteiger partial charge >= 0.3 is 10.1 Å². The van der Waals surface area contributed by atoms with Crippen molar-refractivity contribution in [1.82, 2.24) is 0 Å². The van der Waals surface area contributed by atoms with Crippen LogP contribution in [0.15, 0.2) is 23.1 Å². The van der Waals surface area contributed by atoms with E-state index in [4.69, 9.17) is 4.55 Å². The Kier molecular flexibility index (Phi) is 5.16. The molecule has 1 aromatic carbocycles. The molecule has 0 aliphatic carbocycles. The number of nitro benzene ring substituents is 2. The molecule has 0 amide bonds. The van der Waals surface area contributed by atoms with E-state index in [0.717, 1.165) is 6.07 Å². The molecule has 0 saturated heterocycles. The zero-order valence-electron chi connectivity index (χ0n) is 8.43. The summed E-state index contributed by atoms with van der Waals surface area (Å²) >= 11 is 0. The topological polar surface area (TPSA) is 141 Å². The van der Waals surface area contributed by atoms with Gasteiger partial charge in [-0.2, -0.15) is 8.42 Å². The van der Waals surface area contributed by atoms with Crippen LogP contribution in [0.5, 0.6) is 0 Å². The van der Waals surface area contributed by atoms with Crippen molar-refractivity contribution >= 4 is 51.1 Å². The van der Waals surface area contributed by atoms with Crippen LogP contribution < -0.4 is 0 Å². The van der Waals surface area contributed by atoms with Gasteiger partial charge in [0.05, 0.1) is 9.85 Å². The van der Waals surface area contributed by atoms with Crippen LogP contribution in [0.3, 0.4) is 0 Å². The molecule has 0 spiro atoms. The van der Waals surface area contributed by atoms with E-state index in [1.807, 2.05) is 0 Å². The molecule has 0 fully saturated rings. The molecule has 0 aliphatic rings. The van der Waals surface area contributed by atoms with Gasteiger partial charge < -0.3 is 0 Å². The number of nitrogens with zero attached hydrogens (tertiary/aromatic N) is 2. The molecule has 1 rings (SSSR count). The quantitative estimate of drug-likeness (QED) is 0.362. The molecule has 0 bridgehead atoms. The fourth-order valence-electron chi connectivity index (χ4n) is 0.974. The van der Waals surface area contributed by atoms with Crippen LogP contribution >= 0.6 is 0 Å². The van der Waals surface area contributed by atoms with Gasteiger partial charge in [-0.1, -0.05) is 0 Å². The standard InChI is InChI=1S/C6H4N2O7S.Na/c9-7(10)4-1-2-5(8(11)12)6(3-4)16(13,14)15;/h1-3H,(H,13,14,15);. The van der Waals surface area contributed by atoms with Crippen molar-refractivity contribution in [2.45, 2.75) is 4.90 Å². The van der Waals surface area contributed by atoms with E-state index in [9.17, 15) is 28.6 Å². The SMILES string of the molecule is O=[N+]([O-])c1ccc([N+](=O)[O-])c(S(=O)(=O)O)c1.[Na]. The Morgan fingerprint density at radius 3 is 2.00 bits per heavy atom.